The van der Waals surface area contributed by atoms with E-state index < -0.39 is 6.04 Å². The van der Waals surface area contributed by atoms with Gasteiger partial charge < -0.3 is 15.8 Å². The normalized spacial score (nSPS) is 22.9. The van der Waals surface area contributed by atoms with Gasteiger partial charge in [-0.15, -0.1) is 0 Å². The molecule has 86 valence electrons. The Morgan fingerprint density at radius 3 is 2.33 bits per heavy atom. The zero-order valence-corrected chi connectivity index (χ0v) is 9.24. The lowest BCUT2D eigenvalue weighted by atomic mass is 10.1. The van der Waals surface area contributed by atoms with Crippen LogP contribution in [-0.4, -0.2) is 31.7 Å². The molecule has 0 aromatic rings. The topological polar surface area (TPSA) is 64.3 Å². The van der Waals surface area contributed by atoms with Gasteiger partial charge >= 0.3 is 0 Å². The van der Waals surface area contributed by atoms with Gasteiger partial charge in [-0.25, -0.2) is 0 Å². The van der Waals surface area contributed by atoms with Crippen molar-refractivity contribution in [2.45, 2.75) is 37.8 Å². The lowest BCUT2D eigenvalue weighted by molar-refractivity contribution is -0.124. The molecule has 2 aliphatic rings. The number of carbonyl (C=O) groups is 1. The molecule has 4 nitrogen and oxygen atoms in total. The molecule has 2 fully saturated rings. The Morgan fingerprint density at radius 1 is 1.40 bits per heavy atom. The maximum Gasteiger partial charge on any atom is 0.239 e. The molecule has 0 spiro atoms. The van der Waals surface area contributed by atoms with Crippen molar-refractivity contribution >= 4 is 5.91 Å². The van der Waals surface area contributed by atoms with Crippen LogP contribution in [-0.2, 0) is 9.53 Å². The first-order valence-electron chi connectivity index (χ1n) is 5.77. The fourth-order valence-electron chi connectivity index (χ4n) is 2.06. The van der Waals surface area contributed by atoms with Crippen LogP contribution in [0.15, 0.2) is 0 Å². The fourth-order valence-corrected chi connectivity index (χ4v) is 2.06. The second-order valence-electron chi connectivity index (χ2n) is 4.77. The van der Waals surface area contributed by atoms with E-state index in [9.17, 15) is 4.79 Å². The van der Waals surface area contributed by atoms with Gasteiger partial charge in [0.2, 0.25) is 5.91 Å². The molecule has 0 aromatic heterocycles. The minimum atomic E-state index is -0.519. The molecule has 0 radical (unpaired) electrons. The lowest BCUT2D eigenvalue weighted by Crippen LogP contribution is -2.48. The molecule has 0 unspecified atom stereocenters. The van der Waals surface area contributed by atoms with E-state index in [0.717, 1.165) is 11.8 Å². The van der Waals surface area contributed by atoms with Gasteiger partial charge in [-0.05, 0) is 37.5 Å². The molecule has 3 N–H and O–H groups in total. The Hall–Kier alpha value is -0.610. The van der Waals surface area contributed by atoms with Crippen LogP contribution in [0.3, 0.4) is 0 Å². The van der Waals surface area contributed by atoms with E-state index in [-0.39, 0.29) is 5.91 Å². The van der Waals surface area contributed by atoms with Gasteiger partial charge in [0.1, 0.15) is 6.04 Å². The van der Waals surface area contributed by atoms with Crippen molar-refractivity contribution < 1.29 is 9.53 Å². The highest BCUT2D eigenvalue weighted by Gasteiger charge is 2.42. The van der Waals surface area contributed by atoms with Crippen molar-refractivity contribution in [1.29, 1.82) is 0 Å². The summed E-state index contributed by atoms with van der Waals surface area (Å²) in [6.07, 6.45) is 5.06. The predicted octanol–water partition coefficient (Wildman–Crippen LogP) is 0.265. The molecule has 0 saturated heterocycles. The molecular formula is C11H20N2O2. The van der Waals surface area contributed by atoms with Crippen LogP contribution >= 0.6 is 0 Å². The molecule has 0 aromatic carbocycles. The van der Waals surface area contributed by atoms with Gasteiger partial charge in [0, 0.05) is 13.2 Å². The van der Waals surface area contributed by atoms with Gasteiger partial charge in [0.25, 0.3) is 0 Å². The Balaban J connectivity index is 1.80. The Bertz CT molecular complexity index is 225. The lowest BCUT2D eigenvalue weighted by Gasteiger charge is -2.20. The van der Waals surface area contributed by atoms with Crippen LogP contribution in [0.25, 0.3) is 0 Å². The van der Waals surface area contributed by atoms with Crippen LogP contribution < -0.4 is 11.1 Å². The second kappa shape index (κ2) is 4.49. The molecule has 1 amide bonds. The van der Waals surface area contributed by atoms with Crippen molar-refractivity contribution in [2.75, 3.05) is 13.7 Å². The van der Waals surface area contributed by atoms with E-state index in [1.807, 2.05) is 0 Å². The maximum atomic E-state index is 11.7. The van der Waals surface area contributed by atoms with Gasteiger partial charge in [-0.2, -0.15) is 0 Å². The Kier molecular flexibility index (Phi) is 3.26. The summed E-state index contributed by atoms with van der Waals surface area (Å²) in [5.74, 6) is 1.38. The SMILES string of the molecule is COC[C@H](N)C(=O)NC(C1CC1)C1CC1. The molecule has 2 saturated carbocycles. The number of rotatable bonds is 6. The van der Waals surface area contributed by atoms with Crippen molar-refractivity contribution in [2.24, 2.45) is 17.6 Å². The Morgan fingerprint density at radius 2 is 1.93 bits per heavy atom. The average Bonchev–Trinajstić information content (AvgIpc) is 3.03. The van der Waals surface area contributed by atoms with E-state index in [0.29, 0.717) is 12.6 Å². The zero-order chi connectivity index (χ0) is 10.8. The second-order valence-corrected chi connectivity index (χ2v) is 4.77. The minimum Gasteiger partial charge on any atom is -0.383 e. The third kappa shape index (κ3) is 2.92. The fraction of sp³-hybridized carbons (Fsp3) is 0.909. The first kappa shape index (κ1) is 10.9. The number of ether oxygens (including phenoxy) is 1. The first-order valence-corrected chi connectivity index (χ1v) is 5.77. The summed E-state index contributed by atoms with van der Waals surface area (Å²) in [5.41, 5.74) is 5.68. The molecule has 2 rings (SSSR count). The highest BCUT2D eigenvalue weighted by atomic mass is 16.5. The summed E-state index contributed by atoms with van der Waals surface area (Å²) in [6.45, 7) is 0.299. The number of hydrogen-bond acceptors (Lipinski definition) is 3. The van der Waals surface area contributed by atoms with Crippen molar-refractivity contribution in [1.82, 2.24) is 5.32 Å². The molecule has 4 heteroatoms. The van der Waals surface area contributed by atoms with Crippen molar-refractivity contribution in [3.05, 3.63) is 0 Å². The summed E-state index contributed by atoms with van der Waals surface area (Å²) in [4.78, 5) is 11.7. The van der Waals surface area contributed by atoms with E-state index in [2.05, 4.69) is 5.32 Å². The van der Waals surface area contributed by atoms with Gasteiger partial charge in [0.05, 0.1) is 6.61 Å². The summed E-state index contributed by atoms with van der Waals surface area (Å²) in [7, 11) is 1.56. The highest BCUT2D eigenvalue weighted by Crippen LogP contribution is 2.44. The minimum absolute atomic E-state index is 0.0550. The molecular weight excluding hydrogens is 192 g/mol. The summed E-state index contributed by atoms with van der Waals surface area (Å²) < 4.78 is 4.87. The quantitative estimate of drug-likeness (QED) is 0.664. The van der Waals surface area contributed by atoms with Crippen LogP contribution in [0.4, 0.5) is 0 Å². The van der Waals surface area contributed by atoms with E-state index >= 15 is 0 Å². The molecule has 15 heavy (non-hydrogen) atoms. The van der Waals surface area contributed by atoms with Gasteiger partial charge in [0.15, 0.2) is 0 Å². The number of nitrogens with two attached hydrogens (primary N) is 1. The largest absolute Gasteiger partial charge is 0.383 e. The first-order chi connectivity index (χ1) is 7.22. The zero-order valence-electron chi connectivity index (χ0n) is 9.24. The van der Waals surface area contributed by atoms with Crippen LogP contribution in [0.5, 0.6) is 0 Å². The average molecular weight is 212 g/mol. The van der Waals surface area contributed by atoms with Crippen LogP contribution in [0.2, 0.25) is 0 Å². The van der Waals surface area contributed by atoms with Gasteiger partial charge in [-0.3, -0.25) is 4.79 Å². The molecule has 1 atom stereocenters. The number of methoxy groups -OCH3 is 1. The number of hydrogen-bond donors (Lipinski definition) is 2. The summed E-state index contributed by atoms with van der Waals surface area (Å²) in [6, 6.07) is -0.129. The van der Waals surface area contributed by atoms with Crippen molar-refractivity contribution in [3.63, 3.8) is 0 Å². The molecule has 0 aliphatic heterocycles. The van der Waals surface area contributed by atoms with Crippen LogP contribution in [0.1, 0.15) is 25.7 Å². The van der Waals surface area contributed by atoms with E-state index in [4.69, 9.17) is 10.5 Å². The monoisotopic (exact) mass is 212 g/mol. The molecule has 0 heterocycles. The highest BCUT2D eigenvalue weighted by molar-refractivity contribution is 5.82. The summed E-state index contributed by atoms with van der Waals surface area (Å²) >= 11 is 0. The number of carbonyl (C=O) groups excluding carboxylic acids is 1. The molecule has 2 aliphatic carbocycles. The Labute approximate surface area is 90.5 Å². The van der Waals surface area contributed by atoms with Crippen LogP contribution in [0, 0.1) is 11.8 Å². The molecule has 0 bridgehead atoms. The predicted molar refractivity (Wildman–Crippen MR) is 57.2 cm³/mol. The standard InChI is InChI=1S/C11H20N2O2/c1-15-6-9(12)11(14)13-10(7-2-3-7)8-4-5-8/h7-10H,2-6,12H2,1H3,(H,13,14)/t9-/m0/s1. The third-order valence-corrected chi connectivity index (χ3v) is 3.25. The summed E-state index contributed by atoms with van der Waals surface area (Å²) in [5, 5.41) is 3.08. The van der Waals surface area contributed by atoms with E-state index in [1.54, 1.807) is 7.11 Å². The number of amides is 1. The third-order valence-electron chi connectivity index (χ3n) is 3.25. The maximum absolute atomic E-state index is 11.7. The van der Waals surface area contributed by atoms with Gasteiger partial charge in [-0.1, -0.05) is 0 Å². The smallest absolute Gasteiger partial charge is 0.239 e. The van der Waals surface area contributed by atoms with Crippen molar-refractivity contribution in [3.8, 4) is 0 Å². The van der Waals surface area contributed by atoms with E-state index in [1.165, 1.54) is 25.7 Å². The number of nitrogens with one attached hydrogen (secondary N) is 1.